The number of anilines is 1. The Bertz CT molecular complexity index is 539. The van der Waals surface area contributed by atoms with Crippen LogP contribution in [0.15, 0.2) is 30.3 Å². The highest BCUT2D eigenvalue weighted by Crippen LogP contribution is 2.16. The van der Waals surface area contributed by atoms with Crippen molar-refractivity contribution in [3.05, 3.63) is 35.3 Å². The summed E-state index contributed by atoms with van der Waals surface area (Å²) in [5, 5.41) is 11.7. The van der Waals surface area contributed by atoms with Crippen LogP contribution in [0.25, 0.3) is 0 Å². The first-order chi connectivity index (χ1) is 9.28. The van der Waals surface area contributed by atoms with Crippen molar-refractivity contribution in [2.45, 2.75) is 6.42 Å². The fourth-order valence-electron chi connectivity index (χ4n) is 1.35. The second-order valence-corrected chi connectivity index (χ2v) is 4.73. The van der Waals surface area contributed by atoms with E-state index in [0.717, 1.165) is 10.8 Å². The Morgan fingerprint density at radius 1 is 1.24 bits per heavy atom. The molecule has 0 radical (unpaired) electrons. The fourth-order valence-corrected chi connectivity index (χ4v) is 2.09. The van der Waals surface area contributed by atoms with Crippen molar-refractivity contribution in [3.8, 4) is 5.75 Å². The smallest absolute Gasteiger partial charge is 0.239 e. The number of carbonyl (C=O) groups excluding carboxylic acids is 1. The topological polar surface area (TPSA) is 90.1 Å². The predicted octanol–water partition coefficient (Wildman–Crippen LogP) is 1.90. The van der Waals surface area contributed by atoms with Gasteiger partial charge in [0.05, 0.1) is 13.2 Å². The number of halogens is 2. The van der Waals surface area contributed by atoms with Crippen LogP contribution in [0, 0.1) is 0 Å². The molecule has 21 heavy (non-hydrogen) atoms. The highest BCUT2D eigenvalue weighted by atomic mass is 35.5. The van der Waals surface area contributed by atoms with Crippen molar-refractivity contribution >= 4 is 47.2 Å². The van der Waals surface area contributed by atoms with E-state index in [1.54, 1.807) is 0 Å². The van der Waals surface area contributed by atoms with Crippen molar-refractivity contribution in [1.82, 2.24) is 10.2 Å². The van der Waals surface area contributed by atoms with Crippen LogP contribution in [0.5, 0.6) is 5.75 Å². The van der Waals surface area contributed by atoms with Crippen molar-refractivity contribution in [3.63, 3.8) is 0 Å². The molecule has 2 aromatic rings. The number of carbonyl (C=O) groups is 1. The molecule has 0 aliphatic rings. The largest absolute Gasteiger partial charge is 0.493 e. The predicted molar refractivity (Wildman–Crippen MR) is 87.7 cm³/mol. The summed E-state index contributed by atoms with van der Waals surface area (Å²) in [6, 6.07) is 9.56. The summed E-state index contributed by atoms with van der Waals surface area (Å²) in [5.74, 6) is 0.548. The third-order valence-electron chi connectivity index (χ3n) is 2.23. The van der Waals surface area contributed by atoms with Crippen LogP contribution in [0.2, 0.25) is 0 Å². The second-order valence-electron chi connectivity index (χ2n) is 3.66. The molecule has 1 aromatic heterocycles. The summed E-state index contributed by atoms with van der Waals surface area (Å²) >= 11 is 1.32. The molecule has 9 heteroatoms. The lowest BCUT2D eigenvalue weighted by Gasteiger charge is -2.03. The maximum absolute atomic E-state index is 11.1. The van der Waals surface area contributed by atoms with Gasteiger partial charge < -0.3 is 10.5 Å². The minimum absolute atomic E-state index is 0. The molecule has 1 heterocycles. The average Bonchev–Trinajstić information content (AvgIpc) is 2.87. The number of nitrogens with zero attached hydrogens (tertiary/aromatic N) is 2. The summed E-state index contributed by atoms with van der Waals surface area (Å²) < 4.78 is 5.55. The zero-order valence-electron chi connectivity index (χ0n) is 11.0. The van der Waals surface area contributed by atoms with Crippen LogP contribution in [0.3, 0.4) is 0 Å². The zero-order chi connectivity index (χ0) is 13.5. The van der Waals surface area contributed by atoms with Crippen molar-refractivity contribution < 1.29 is 9.53 Å². The lowest BCUT2D eigenvalue weighted by Crippen LogP contribution is -2.21. The number of ether oxygens (including phenoxy) is 1. The van der Waals surface area contributed by atoms with Crippen LogP contribution >= 0.6 is 36.2 Å². The first kappa shape index (κ1) is 19.6. The third kappa shape index (κ3) is 6.72. The number of nitrogens with two attached hydrogens (primary N) is 1. The summed E-state index contributed by atoms with van der Waals surface area (Å²) in [5.41, 5.74) is 5.20. The van der Waals surface area contributed by atoms with E-state index in [1.165, 1.54) is 11.3 Å². The van der Waals surface area contributed by atoms with Gasteiger partial charge in [0.15, 0.2) is 0 Å². The first-order valence-electron chi connectivity index (χ1n) is 5.78. The number of amides is 1. The third-order valence-corrected chi connectivity index (χ3v) is 3.12. The quantitative estimate of drug-likeness (QED) is 0.830. The number of hydrogen-bond acceptors (Lipinski definition) is 6. The van der Waals surface area contributed by atoms with E-state index in [-0.39, 0.29) is 37.3 Å². The van der Waals surface area contributed by atoms with E-state index in [4.69, 9.17) is 10.5 Å². The summed E-state index contributed by atoms with van der Waals surface area (Å²) in [6.07, 6.45) is 0.644. The molecule has 0 bridgehead atoms. The van der Waals surface area contributed by atoms with Crippen LogP contribution in [0.4, 0.5) is 5.13 Å². The van der Waals surface area contributed by atoms with Gasteiger partial charge in [-0.3, -0.25) is 10.1 Å². The minimum atomic E-state index is -0.275. The maximum atomic E-state index is 11.1. The van der Waals surface area contributed by atoms with Gasteiger partial charge >= 0.3 is 0 Å². The van der Waals surface area contributed by atoms with Gasteiger partial charge in [-0.05, 0) is 12.1 Å². The van der Waals surface area contributed by atoms with Gasteiger partial charge in [0, 0.05) is 6.42 Å². The molecule has 116 valence electrons. The molecular formula is C12H16Cl2N4O2S. The molecule has 0 atom stereocenters. The normalized spacial score (nSPS) is 9.19. The molecule has 0 saturated carbocycles. The van der Waals surface area contributed by atoms with Crippen LogP contribution in [-0.2, 0) is 11.2 Å². The van der Waals surface area contributed by atoms with Crippen molar-refractivity contribution in [2.75, 3.05) is 18.5 Å². The number of para-hydroxylation sites is 1. The molecule has 3 N–H and O–H groups in total. The SMILES string of the molecule is Cl.Cl.NCC(=O)Nc1nnc(CCOc2ccccc2)s1. The van der Waals surface area contributed by atoms with E-state index >= 15 is 0 Å². The van der Waals surface area contributed by atoms with E-state index < -0.39 is 0 Å². The zero-order valence-corrected chi connectivity index (χ0v) is 13.5. The van der Waals surface area contributed by atoms with E-state index in [1.807, 2.05) is 30.3 Å². The maximum Gasteiger partial charge on any atom is 0.239 e. The Labute approximate surface area is 138 Å². The number of benzene rings is 1. The first-order valence-corrected chi connectivity index (χ1v) is 6.59. The number of nitrogens with one attached hydrogen (secondary N) is 1. The van der Waals surface area contributed by atoms with Gasteiger partial charge in [-0.25, -0.2) is 0 Å². The summed E-state index contributed by atoms with van der Waals surface area (Å²) in [7, 11) is 0. The van der Waals surface area contributed by atoms with Crippen molar-refractivity contribution in [2.24, 2.45) is 5.73 Å². The molecule has 0 unspecified atom stereocenters. The van der Waals surface area contributed by atoms with E-state index in [0.29, 0.717) is 18.2 Å². The standard InChI is InChI=1S/C12H14N4O2S.2ClH/c13-8-10(17)14-12-16-15-11(19-12)6-7-18-9-4-2-1-3-5-9;;/h1-5H,6-8,13H2,(H,14,16,17);2*1H. The average molecular weight is 351 g/mol. The van der Waals surface area contributed by atoms with Gasteiger partial charge in [-0.15, -0.1) is 35.0 Å². The molecule has 0 aliphatic heterocycles. The molecular weight excluding hydrogens is 335 g/mol. The summed E-state index contributed by atoms with van der Waals surface area (Å²) in [4.78, 5) is 11.1. The fraction of sp³-hybridized carbons (Fsp3) is 0.250. The lowest BCUT2D eigenvalue weighted by molar-refractivity contribution is -0.114. The van der Waals surface area contributed by atoms with Gasteiger partial charge in [0.1, 0.15) is 10.8 Å². The van der Waals surface area contributed by atoms with Gasteiger partial charge in [-0.2, -0.15) is 0 Å². The Balaban J connectivity index is 0.00000200. The molecule has 1 aromatic carbocycles. The Morgan fingerprint density at radius 2 is 1.95 bits per heavy atom. The summed E-state index contributed by atoms with van der Waals surface area (Å²) in [6.45, 7) is 0.454. The molecule has 0 fully saturated rings. The molecule has 6 nitrogen and oxygen atoms in total. The number of aromatic nitrogens is 2. The van der Waals surface area contributed by atoms with Crippen molar-refractivity contribution in [1.29, 1.82) is 0 Å². The molecule has 0 aliphatic carbocycles. The second kappa shape index (κ2) is 10.3. The highest BCUT2D eigenvalue weighted by molar-refractivity contribution is 7.15. The number of hydrogen-bond donors (Lipinski definition) is 2. The minimum Gasteiger partial charge on any atom is -0.493 e. The monoisotopic (exact) mass is 350 g/mol. The van der Waals surface area contributed by atoms with E-state index in [2.05, 4.69) is 15.5 Å². The Hall–Kier alpha value is -1.41. The van der Waals surface area contributed by atoms with Gasteiger partial charge in [0.25, 0.3) is 0 Å². The molecule has 2 rings (SSSR count). The lowest BCUT2D eigenvalue weighted by atomic mass is 10.3. The van der Waals surface area contributed by atoms with E-state index in [9.17, 15) is 4.79 Å². The Kier molecular flexibility index (Phi) is 9.64. The molecule has 1 amide bonds. The van der Waals surface area contributed by atoms with Crippen LogP contribution in [0.1, 0.15) is 5.01 Å². The molecule has 0 saturated heterocycles. The van der Waals surface area contributed by atoms with Gasteiger partial charge in [0.2, 0.25) is 11.0 Å². The van der Waals surface area contributed by atoms with Crippen LogP contribution < -0.4 is 15.8 Å². The van der Waals surface area contributed by atoms with Crippen LogP contribution in [-0.4, -0.2) is 29.3 Å². The number of rotatable bonds is 6. The molecule has 0 spiro atoms. The Morgan fingerprint density at radius 3 is 2.62 bits per heavy atom. The highest BCUT2D eigenvalue weighted by Gasteiger charge is 2.06. The van der Waals surface area contributed by atoms with Gasteiger partial charge in [-0.1, -0.05) is 29.5 Å².